The van der Waals surface area contributed by atoms with Crippen molar-refractivity contribution in [2.75, 3.05) is 30.4 Å². The maximum Gasteiger partial charge on any atom is 0.337 e. The molecule has 5 nitrogen and oxygen atoms in total. The van der Waals surface area contributed by atoms with Gasteiger partial charge in [0.2, 0.25) is 0 Å². The van der Waals surface area contributed by atoms with E-state index >= 15 is 0 Å². The molecule has 0 radical (unpaired) electrons. The molecule has 2 atom stereocenters. The quantitative estimate of drug-likeness (QED) is 0.516. The summed E-state index contributed by atoms with van der Waals surface area (Å²) >= 11 is 5.50. The van der Waals surface area contributed by atoms with Crippen molar-refractivity contribution in [2.24, 2.45) is 5.92 Å². The number of ether oxygens (including phenoxy) is 1. The van der Waals surface area contributed by atoms with Crippen LogP contribution < -0.4 is 15.5 Å². The Labute approximate surface area is 184 Å². The molecule has 0 aliphatic carbocycles. The fourth-order valence-electron chi connectivity index (χ4n) is 3.84. The molecular weight excluding hydrogens is 394 g/mol. The lowest BCUT2D eigenvalue weighted by molar-refractivity contribution is 0.0601. The molecule has 0 aromatic heterocycles. The Morgan fingerprint density at radius 1 is 1.23 bits per heavy atom. The van der Waals surface area contributed by atoms with Crippen molar-refractivity contribution in [3.8, 4) is 0 Å². The molecular formula is C24H31N3O2S. The number of nitrogens with zero attached hydrogens (tertiary/aromatic N) is 1. The minimum atomic E-state index is -0.367. The third kappa shape index (κ3) is 5.51. The average Bonchev–Trinajstić information content (AvgIpc) is 2.74. The number of anilines is 2. The Balaban J connectivity index is 1.61. The van der Waals surface area contributed by atoms with E-state index in [-0.39, 0.29) is 12.0 Å². The van der Waals surface area contributed by atoms with Gasteiger partial charge in [-0.1, -0.05) is 25.1 Å². The number of piperidine rings is 1. The summed E-state index contributed by atoms with van der Waals surface area (Å²) in [5.74, 6) is 0.386. The second-order valence-corrected chi connectivity index (χ2v) is 8.53. The molecule has 2 N–H and O–H groups in total. The molecule has 30 heavy (non-hydrogen) atoms. The fourth-order valence-corrected chi connectivity index (χ4v) is 4.12. The number of thiocarbonyl (C=S) groups is 1. The first-order valence-corrected chi connectivity index (χ1v) is 10.9. The predicted molar refractivity (Wildman–Crippen MR) is 127 cm³/mol. The van der Waals surface area contributed by atoms with Gasteiger partial charge in [-0.3, -0.25) is 0 Å². The van der Waals surface area contributed by atoms with Crippen molar-refractivity contribution in [2.45, 2.75) is 39.7 Å². The van der Waals surface area contributed by atoms with Crippen LogP contribution in [0.1, 0.15) is 54.2 Å². The van der Waals surface area contributed by atoms with Gasteiger partial charge in [-0.25, -0.2) is 4.79 Å². The number of esters is 1. The maximum absolute atomic E-state index is 11.8. The third-order valence-electron chi connectivity index (χ3n) is 5.67. The number of rotatable bonds is 5. The largest absolute Gasteiger partial charge is 0.465 e. The topological polar surface area (TPSA) is 53.6 Å². The lowest BCUT2D eigenvalue weighted by Gasteiger charge is -2.33. The molecule has 0 spiro atoms. The lowest BCUT2D eigenvalue weighted by atomic mass is 9.99. The van der Waals surface area contributed by atoms with Crippen molar-refractivity contribution in [3.05, 3.63) is 59.2 Å². The van der Waals surface area contributed by atoms with Gasteiger partial charge in [-0.05, 0) is 80.2 Å². The van der Waals surface area contributed by atoms with Crippen LogP contribution in [0.3, 0.4) is 0 Å². The van der Waals surface area contributed by atoms with Gasteiger partial charge in [0.25, 0.3) is 0 Å². The van der Waals surface area contributed by atoms with Crippen LogP contribution in [-0.4, -0.2) is 31.3 Å². The van der Waals surface area contributed by atoms with Crippen LogP contribution in [0.4, 0.5) is 11.4 Å². The van der Waals surface area contributed by atoms with Crippen molar-refractivity contribution < 1.29 is 9.53 Å². The van der Waals surface area contributed by atoms with Crippen molar-refractivity contribution in [3.63, 3.8) is 0 Å². The van der Waals surface area contributed by atoms with Crippen LogP contribution in [-0.2, 0) is 4.74 Å². The molecule has 2 aromatic rings. The van der Waals surface area contributed by atoms with E-state index in [1.807, 2.05) is 13.0 Å². The number of hydrogen-bond acceptors (Lipinski definition) is 4. The van der Waals surface area contributed by atoms with Crippen LogP contribution in [0.2, 0.25) is 0 Å². The molecule has 1 aliphatic heterocycles. The second kappa shape index (κ2) is 9.94. The Morgan fingerprint density at radius 2 is 1.97 bits per heavy atom. The average molecular weight is 426 g/mol. The highest BCUT2D eigenvalue weighted by molar-refractivity contribution is 7.80. The first kappa shape index (κ1) is 22.1. The number of carbonyl (C=O) groups is 1. The number of aryl methyl sites for hydroxylation is 1. The Morgan fingerprint density at radius 3 is 2.63 bits per heavy atom. The molecule has 0 unspecified atom stereocenters. The Kier molecular flexibility index (Phi) is 7.32. The van der Waals surface area contributed by atoms with Gasteiger partial charge in [0.1, 0.15) is 0 Å². The number of methoxy groups -OCH3 is 1. The highest BCUT2D eigenvalue weighted by Crippen LogP contribution is 2.25. The molecule has 1 aliphatic rings. The zero-order chi connectivity index (χ0) is 21.7. The van der Waals surface area contributed by atoms with E-state index in [2.05, 4.69) is 53.6 Å². The summed E-state index contributed by atoms with van der Waals surface area (Å²) in [6, 6.07) is 14.2. The van der Waals surface area contributed by atoms with Crippen LogP contribution in [0, 0.1) is 12.8 Å². The minimum absolute atomic E-state index is 0.0587. The highest BCUT2D eigenvalue weighted by Gasteiger charge is 2.17. The maximum atomic E-state index is 11.8. The van der Waals surface area contributed by atoms with E-state index in [4.69, 9.17) is 17.0 Å². The number of nitrogens with one attached hydrogen (secondary N) is 2. The summed E-state index contributed by atoms with van der Waals surface area (Å²) < 4.78 is 4.80. The minimum Gasteiger partial charge on any atom is -0.465 e. The van der Waals surface area contributed by atoms with Gasteiger partial charge in [0.05, 0.1) is 18.7 Å². The summed E-state index contributed by atoms with van der Waals surface area (Å²) in [5.41, 5.74) is 4.74. The fraction of sp³-hybridized carbons (Fsp3) is 0.417. The third-order valence-corrected chi connectivity index (χ3v) is 5.89. The van der Waals surface area contributed by atoms with Crippen molar-refractivity contribution >= 4 is 34.7 Å². The van der Waals surface area contributed by atoms with E-state index in [0.717, 1.165) is 30.3 Å². The molecule has 6 heteroatoms. The van der Waals surface area contributed by atoms with E-state index < -0.39 is 0 Å². The zero-order valence-corrected chi connectivity index (χ0v) is 19.0. The summed E-state index contributed by atoms with van der Waals surface area (Å²) in [4.78, 5) is 14.3. The zero-order valence-electron chi connectivity index (χ0n) is 18.2. The molecule has 1 heterocycles. The lowest BCUT2D eigenvalue weighted by Crippen LogP contribution is -2.34. The molecule has 3 rings (SSSR count). The molecule has 1 fully saturated rings. The summed E-state index contributed by atoms with van der Waals surface area (Å²) in [5, 5.41) is 7.05. The van der Waals surface area contributed by atoms with Gasteiger partial charge in [0, 0.05) is 24.5 Å². The standard InChI is InChI=1S/C24H31N3O2S/c1-16-6-5-13-27(15-16)21-11-9-19(10-12-21)18(3)25-24(30)26-22-14-20(23(28)29-4)8-7-17(22)2/h7-12,14,16,18H,5-6,13,15H2,1-4H3,(H2,25,26,30)/t16-,18+/m1/s1. The molecule has 0 amide bonds. The first-order valence-electron chi connectivity index (χ1n) is 10.5. The Hall–Kier alpha value is -2.60. The van der Waals surface area contributed by atoms with Crippen molar-refractivity contribution in [1.29, 1.82) is 0 Å². The molecule has 1 saturated heterocycles. The van der Waals surface area contributed by atoms with Crippen LogP contribution in [0.25, 0.3) is 0 Å². The molecule has 160 valence electrons. The second-order valence-electron chi connectivity index (χ2n) is 8.13. The molecule has 0 bridgehead atoms. The van der Waals surface area contributed by atoms with Crippen molar-refractivity contribution in [1.82, 2.24) is 5.32 Å². The highest BCUT2D eigenvalue weighted by atomic mass is 32.1. The van der Waals surface area contributed by atoms with E-state index in [0.29, 0.717) is 10.7 Å². The van der Waals surface area contributed by atoms with E-state index in [1.165, 1.54) is 31.2 Å². The summed E-state index contributed by atoms with van der Waals surface area (Å²) in [6.45, 7) is 8.64. The first-order chi connectivity index (χ1) is 14.4. The molecule has 0 saturated carbocycles. The SMILES string of the molecule is COC(=O)c1ccc(C)c(NC(=S)N[C@@H](C)c2ccc(N3CCC[C@@H](C)C3)cc2)c1. The normalized spacial score (nSPS) is 17.2. The van der Waals surface area contributed by atoms with Gasteiger partial charge >= 0.3 is 5.97 Å². The summed E-state index contributed by atoms with van der Waals surface area (Å²) in [7, 11) is 1.38. The van der Waals surface area contributed by atoms with Gasteiger partial charge < -0.3 is 20.3 Å². The van der Waals surface area contributed by atoms with Crippen LogP contribution in [0.15, 0.2) is 42.5 Å². The number of hydrogen-bond donors (Lipinski definition) is 2. The van der Waals surface area contributed by atoms with Gasteiger partial charge in [-0.15, -0.1) is 0 Å². The van der Waals surface area contributed by atoms with Gasteiger partial charge in [-0.2, -0.15) is 0 Å². The smallest absolute Gasteiger partial charge is 0.337 e. The summed E-state index contributed by atoms with van der Waals surface area (Å²) in [6.07, 6.45) is 2.58. The number of benzene rings is 2. The predicted octanol–water partition coefficient (Wildman–Crippen LogP) is 5.07. The van der Waals surface area contributed by atoms with Crippen LogP contribution in [0.5, 0.6) is 0 Å². The van der Waals surface area contributed by atoms with Gasteiger partial charge in [0.15, 0.2) is 5.11 Å². The molecule has 2 aromatic carbocycles. The van der Waals surface area contributed by atoms with Crippen LogP contribution >= 0.6 is 12.2 Å². The number of carbonyl (C=O) groups excluding carboxylic acids is 1. The van der Waals surface area contributed by atoms with E-state index in [9.17, 15) is 4.79 Å². The van der Waals surface area contributed by atoms with E-state index in [1.54, 1.807) is 12.1 Å². The Bertz CT molecular complexity index is 898. The monoisotopic (exact) mass is 425 g/mol.